The van der Waals surface area contributed by atoms with Crippen LogP contribution in [0.1, 0.15) is 37.8 Å². The lowest BCUT2D eigenvalue weighted by molar-refractivity contribution is 0.0454. The molecule has 2 aromatic carbocycles. The molecule has 0 spiro atoms. The molecule has 1 atom stereocenters. The van der Waals surface area contributed by atoms with Crippen molar-refractivity contribution in [2.75, 3.05) is 0 Å². The molecular weight excluding hydrogens is 256 g/mol. The number of hydrogen-bond donors (Lipinski definition) is 0. The SMILES string of the molecule is CC(C)=CCC1(c2ccccc2)CCc2ccccc2O1. The number of ether oxygens (including phenoxy) is 1. The molecule has 1 aliphatic heterocycles. The third-order valence-electron chi connectivity index (χ3n) is 4.22. The van der Waals surface area contributed by atoms with Crippen LogP contribution in [0, 0.1) is 0 Å². The van der Waals surface area contributed by atoms with Crippen LogP contribution in [0.25, 0.3) is 0 Å². The van der Waals surface area contributed by atoms with E-state index in [1.165, 1.54) is 16.7 Å². The van der Waals surface area contributed by atoms with E-state index >= 15 is 0 Å². The molecule has 0 saturated heterocycles. The van der Waals surface area contributed by atoms with Crippen molar-refractivity contribution in [3.05, 3.63) is 77.4 Å². The number of benzene rings is 2. The molecule has 0 aromatic heterocycles. The van der Waals surface area contributed by atoms with Crippen LogP contribution in [-0.2, 0) is 12.0 Å². The Morgan fingerprint density at radius 2 is 1.76 bits per heavy atom. The summed E-state index contributed by atoms with van der Waals surface area (Å²) >= 11 is 0. The fourth-order valence-corrected chi connectivity index (χ4v) is 2.98. The molecule has 1 heterocycles. The maximum absolute atomic E-state index is 6.51. The topological polar surface area (TPSA) is 9.23 Å². The largest absolute Gasteiger partial charge is 0.482 e. The lowest BCUT2D eigenvalue weighted by atomic mass is 9.82. The summed E-state index contributed by atoms with van der Waals surface area (Å²) in [6.07, 6.45) is 5.31. The van der Waals surface area contributed by atoms with Crippen LogP contribution in [-0.4, -0.2) is 0 Å². The molecule has 1 aliphatic rings. The Labute approximate surface area is 127 Å². The van der Waals surface area contributed by atoms with Gasteiger partial charge >= 0.3 is 0 Å². The van der Waals surface area contributed by atoms with Crippen LogP contribution in [0.4, 0.5) is 0 Å². The third-order valence-corrected chi connectivity index (χ3v) is 4.22. The van der Waals surface area contributed by atoms with Crippen molar-refractivity contribution in [1.29, 1.82) is 0 Å². The summed E-state index contributed by atoms with van der Waals surface area (Å²) in [6, 6.07) is 19.1. The molecule has 0 amide bonds. The summed E-state index contributed by atoms with van der Waals surface area (Å²) in [5.41, 5.74) is 3.71. The predicted octanol–water partition coefficient (Wildman–Crippen LogP) is 5.26. The monoisotopic (exact) mass is 278 g/mol. The molecule has 0 radical (unpaired) electrons. The van der Waals surface area contributed by atoms with Crippen molar-refractivity contribution in [2.45, 2.75) is 38.7 Å². The van der Waals surface area contributed by atoms with Crippen molar-refractivity contribution in [3.8, 4) is 5.75 Å². The van der Waals surface area contributed by atoms with E-state index in [0.29, 0.717) is 0 Å². The average molecular weight is 278 g/mol. The molecule has 0 fully saturated rings. The van der Waals surface area contributed by atoms with Gasteiger partial charge in [0.25, 0.3) is 0 Å². The van der Waals surface area contributed by atoms with Gasteiger partial charge in [-0.1, -0.05) is 60.2 Å². The summed E-state index contributed by atoms with van der Waals surface area (Å²) in [5.74, 6) is 1.04. The van der Waals surface area contributed by atoms with Crippen LogP contribution >= 0.6 is 0 Å². The lowest BCUT2D eigenvalue weighted by Crippen LogP contribution is -2.36. The van der Waals surface area contributed by atoms with E-state index in [4.69, 9.17) is 4.74 Å². The van der Waals surface area contributed by atoms with Gasteiger partial charge in [-0.2, -0.15) is 0 Å². The van der Waals surface area contributed by atoms with Gasteiger partial charge in [-0.3, -0.25) is 0 Å². The molecule has 3 rings (SSSR count). The number of hydrogen-bond acceptors (Lipinski definition) is 1. The van der Waals surface area contributed by atoms with Crippen molar-refractivity contribution < 1.29 is 4.74 Å². The van der Waals surface area contributed by atoms with Gasteiger partial charge in [-0.25, -0.2) is 0 Å². The van der Waals surface area contributed by atoms with Gasteiger partial charge in [0.1, 0.15) is 11.4 Å². The van der Waals surface area contributed by atoms with Crippen LogP contribution in [0.5, 0.6) is 5.75 Å². The second-order valence-electron chi connectivity index (χ2n) is 6.06. The van der Waals surface area contributed by atoms with Crippen molar-refractivity contribution in [2.24, 2.45) is 0 Å². The van der Waals surface area contributed by atoms with Gasteiger partial charge < -0.3 is 4.74 Å². The van der Waals surface area contributed by atoms with Gasteiger partial charge in [0, 0.05) is 6.42 Å². The molecule has 0 aliphatic carbocycles. The van der Waals surface area contributed by atoms with E-state index in [2.05, 4.69) is 74.5 Å². The van der Waals surface area contributed by atoms with Crippen LogP contribution in [0.2, 0.25) is 0 Å². The number of aryl methyl sites for hydroxylation is 1. The minimum Gasteiger partial charge on any atom is -0.482 e. The molecule has 0 N–H and O–H groups in total. The number of rotatable bonds is 3. The van der Waals surface area contributed by atoms with Crippen molar-refractivity contribution in [3.63, 3.8) is 0 Å². The lowest BCUT2D eigenvalue weighted by Gasteiger charge is -2.39. The van der Waals surface area contributed by atoms with Gasteiger partial charge in [-0.15, -0.1) is 0 Å². The standard InChI is InChI=1S/C20H22O/c1-16(2)12-14-20(18-9-4-3-5-10-18)15-13-17-8-6-7-11-19(17)21-20/h3-12H,13-15H2,1-2H3. The number of fused-ring (bicyclic) bond motifs is 1. The normalized spacial score (nSPS) is 20.3. The molecule has 2 aromatic rings. The smallest absolute Gasteiger partial charge is 0.138 e. The third kappa shape index (κ3) is 2.87. The van der Waals surface area contributed by atoms with E-state index in [9.17, 15) is 0 Å². The summed E-state index contributed by atoms with van der Waals surface area (Å²) in [6.45, 7) is 4.30. The Hall–Kier alpha value is -2.02. The van der Waals surface area contributed by atoms with Gasteiger partial charge in [0.15, 0.2) is 0 Å². The Morgan fingerprint density at radius 3 is 2.52 bits per heavy atom. The first kappa shape index (κ1) is 13.9. The van der Waals surface area contributed by atoms with E-state index in [0.717, 1.165) is 25.0 Å². The van der Waals surface area contributed by atoms with E-state index in [1.807, 2.05) is 0 Å². The minimum atomic E-state index is -0.229. The molecule has 1 heteroatoms. The highest BCUT2D eigenvalue weighted by atomic mass is 16.5. The zero-order chi connectivity index (χ0) is 14.7. The van der Waals surface area contributed by atoms with E-state index in [-0.39, 0.29) is 5.60 Å². The number of allylic oxidation sites excluding steroid dienone is 1. The second-order valence-corrected chi connectivity index (χ2v) is 6.06. The molecule has 21 heavy (non-hydrogen) atoms. The Balaban J connectivity index is 2.01. The maximum atomic E-state index is 6.51. The van der Waals surface area contributed by atoms with Crippen LogP contribution in [0.15, 0.2) is 66.2 Å². The molecular formula is C20H22O. The predicted molar refractivity (Wildman–Crippen MR) is 87.6 cm³/mol. The minimum absolute atomic E-state index is 0.229. The fourth-order valence-electron chi connectivity index (χ4n) is 2.98. The zero-order valence-corrected chi connectivity index (χ0v) is 12.8. The summed E-state index contributed by atoms with van der Waals surface area (Å²) in [7, 11) is 0. The Morgan fingerprint density at radius 1 is 1.05 bits per heavy atom. The molecule has 1 unspecified atom stereocenters. The van der Waals surface area contributed by atoms with Gasteiger partial charge in [0.05, 0.1) is 0 Å². The molecule has 108 valence electrons. The fraction of sp³-hybridized carbons (Fsp3) is 0.300. The Kier molecular flexibility index (Phi) is 3.83. The Bertz CT molecular complexity index is 638. The van der Waals surface area contributed by atoms with E-state index < -0.39 is 0 Å². The highest BCUT2D eigenvalue weighted by Gasteiger charge is 2.36. The highest BCUT2D eigenvalue weighted by Crippen LogP contribution is 2.42. The van der Waals surface area contributed by atoms with Gasteiger partial charge in [0.2, 0.25) is 0 Å². The van der Waals surface area contributed by atoms with Crippen molar-refractivity contribution >= 4 is 0 Å². The summed E-state index contributed by atoms with van der Waals surface area (Å²) in [5, 5.41) is 0. The summed E-state index contributed by atoms with van der Waals surface area (Å²) in [4.78, 5) is 0. The summed E-state index contributed by atoms with van der Waals surface area (Å²) < 4.78 is 6.51. The van der Waals surface area contributed by atoms with Gasteiger partial charge in [-0.05, 0) is 43.9 Å². The first-order chi connectivity index (χ1) is 10.2. The van der Waals surface area contributed by atoms with Crippen LogP contribution in [0.3, 0.4) is 0 Å². The molecule has 1 nitrogen and oxygen atoms in total. The highest BCUT2D eigenvalue weighted by molar-refractivity contribution is 5.39. The van der Waals surface area contributed by atoms with Crippen LogP contribution < -0.4 is 4.74 Å². The van der Waals surface area contributed by atoms with Crippen molar-refractivity contribution in [1.82, 2.24) is 0 Å². The quantitative estimate of drug-likeness (QED) is 0.695. The maximum Gasteiger partial charge on any atom is 0.138 e. The first-order valence-corrected chi connectivity index (χ1v) is 7.65. The van der Waals surface area contributed by atoms with E-state index in [1.54, 1.807) is 0 Å². The molecule has 0 bridgehead atoms. The number of para-hydroxylation sites is 1. The second kappa shape index (κ2) is 5.77. The molecule has 0 saturated carbocycles. The zero-order valence-electron chi connectivity index (χ0n) is 12.8. The first-order valence-electron chi connectivity index (χ1n) is 7.65. The average Bonchev–Trinajstić information content (AvgIpc) is 2.53.